The summed E-state index contributed by atoms with van der Waals surface area (Å²) in [5.74, 6) is -0.0856. The third kappa shape index (κ3) is 3.67. The normalized spacial score (nSPS) is 11.4. The zero-order valence-electron chi connectivity index (χ0n) is 10.7. The van der Waals surface area contributed by atoms with Gasteiger partial charge in [0.05, 0.1) is 11.3 Å². The molecule has 96 valence electrons. The fraction of sp³-hybridized carbons (Fsp3) is 0.385. The average molecular weight is 246 g/mol. The maximum Gasteiger partial charge on any atom is 0.242 e. The highest BCUT2D eigenvalue weighted by Gasteiger charge is 2.13. The standard InChI is InChI=1S/C13H18N4O/c1-3-6-16-13(18)9(2)17-12-5-4-11(15)7-10(12)8-14/h4-5,7,9,17H,3,6,15H2,1-2H3,(H,16,18). The van der Waals surface area contributed by atoms with Crippen LogP contribution in [0.1, 0.15) is 25.8 Å². The Morgan fingerprint density at radius 1 is 1.56 bits per heavy atom. The van der Waals surface area contributed by atoms with Gasteiger partial charge in [0.15, 0.2) is 0 Å². The molecule has 18 heavy (non-hydrogen) atoms. The molecular weight excluding hydrogens is 228 g/mol. The third-order valence-electron chi connectivity index (χ3n) is 2.48. The fourth-order valence-corrected chi connectivity index (χ4v) is 1.48. The summed E-state index contributed by atoms with van der Waals surface area (Å²) in [6.07, 6.45) is 0.893. The molecule has 0 aliphatic carbocycles. The Labute approximate surface area is 107 Å². The minimum atomic E-state index is -0.396. The van der Waals surface area contributed by atoms with Crippen LogP contribution in [0, 0.1) is 11.3 Å². The minimum Gasteiger partial charge on any atom is -0.399 e. The summed E-state index contributed by atoms with van der Waals surface area (Å²) in [7, 11) is 0. The number of amides is 1. The van der Waals surface area contributed by atoms with Crippen LogP contribution in [0.2, 0.25) is 0 Å². The highest BCUT2D eigenvalue weighted by molar-refractivity contribution is 5.84. The molecule has 0 bridgehead atoms. The lowest BCUT2D eigenvalue weighted by molar-refractivity contribution is -0.121. The number of rotatable bonds is 5. The molecule has 0 saturated carbocycles. The fourth-order valence-electron chi connectivity index (χ4n) is 1.48. The van der Waals surface area contributed by atoms with Gasteiger partial charge in [-0.2, -0.15) is 5.26 Å². The van der Waals surface area contributed by atoms with Crippen molar-refractivity contribution < 1.29 is 4.79 Å². The Morgan fingerprint density at radius 2 is 2.28 bits per heavy atom. The van der Waals surface area contributed by atoms with Gasteiger partial charge in [-0.1, -0.05) is 6.92 Å². The molecule has 1 aromatic carbocycles. The number of nitrogens with zero attached hydrogens (tertiary/aromatic N) is 1. The highest BCUT2D eigenvalue weighted by atomic mass is 16.2. The van der Waals surface area contributed by atoms with Gasteiger partial charge in [-0.25, -0.2) is 0 Å². The molecule has 1 atom stereocenters. The van der Waals surface area contributed by atoms with Crippen LogP contribution in [-0.4, -0.2) is 18.5 Å². The average Bonchev–Trinajstić information content (AvgIpc) is 2.37. The van der Waals surface area contributed by atoms with E-state index in [9.17, 15) is 4.79 Å². The first-order chi connectivity index (χ1) is 8.58. The van der Waals surface area contributed by atoms with Crippen molar-refractivity contribution in [2.45, 2.75) is 26.3 Å². The van der Waals surface area contributed by atoms with Crippen LogP contribution >= 0.6 is 0 Å². The van der Waals surface area contributed by atoms with Crippen LogP contribution in [-0.2, 0) is 4.79 Å². The molecule has 5 heteroatoms. The molecule has 4 N–H and O–H groups in total. The van der Waals surface area contributed by atoms with E-state index in [2.05, 4.69) is 10.6 Å². The van der Waals surface area contributed by atoms with Gasteiger partial charge in [-0.05, 0) is 31.5 Å². The summed E-state index contributed by atoms with van der Waals surface area (Å²) in [4.78, 5) is 11.7. The van der Waals surface area contributed by atoms with Crippen molar-refractivity contribution in [3.8, 4) is 6.07 Å². The van der Waals surface area contributed by atoms with E-state index in [1.807, 2.05) is 13.0 Å². The second-order valence-corrected chi connectivity index (χ2v) is 4.07. The number of anilines is 2. The van der Waals surface area contributed by atoms with Gasteiger partial charge in [0.2, 0.25) is 5.91 Å². The van der Waals surface area contributed by atoms with E-state index < -0.39 is 6.04 Å². The molecule has 0 aliphatic heterocycles. The van der Waals surface area contributed by atoms with E-state index in [1.54, 1.807) is 25.1 Å². The van der Waals surface area contributed by atoms with Crippen molar-refractivity contribution in [1.82, 2.24) is 5.32 Å². The predicted octanol–water partition coefficient (Wildman–Crippen LogP) is 1.47. The van der Waals surface area contributed by atoms with Gasteiger partial charge in [-0.3, -0.25) is 4.79 Å². The Balaban J connectivity index is 2.73. The molecule has 5 nitrogen and oxygen atoms in total. The Hall–Kier alpha value is -2.22. The van der Waals surface area contributed by atoms with Crippen LogP contribution in [0.5, 0.6) is 0 Å². The van der Waals surface area contributed by atoms with E-state index >= 15 is 0 Å². The summed E-state index contributed by atoms with van der Waals surface area (Å²) < 4.78 is 0. The van der Waals surface area contributed by atoms with Crippen LogP contribution in [0.15, 0.2) is 18.2 Å². The number of nitrogen functional groups attached to an aromatic ring is 1. The molecule has 0 heterocycles. The summed E-state index contributed by atoms with van der Waals surface area (Å²) in [5, 5.41) is 14.8. The molecule has 0 saturated heterocycles. The van der Waals surface area contributed by atoms with Crippen LogP contribution in [0.4, 0.5) is 11.4 Å². The molecule has 1 aromatic rings. The van der Waals surface area contributed by atoms with Crippen molar-refractivity contribution in [2.24, 2.45) is 0 Å². The zero-order chi connectivity index (χ0) is 13.5. The minimum absolute atomic E-state index is 0.0856. The van der Waals surface area contributed by atoms with Crippen molar-refractivity contribution in [3.05, 3.63) is 23.8 Å². The highest BCUT2D eigenvalue weighted by Crippen LogP contribution is 2.18. The number of nitrogens with one attached hydrogen (secondary N) is 2. The quantitative estimate of drug-likeness (QED) is 0.686. The van der Waals surface area contributed by atoms with Crippen molar-refractivity contribution in [1.29, 1.82) is 5.26 Å². The smallest absolute Gasteiger partial charge is 0.242 e. The number of hydrogen-bond donors (Lipinski definition) is 3. The topological polar surface area (TPSA) is 90.9 Å². The van der Waals surface area contributed by atoms with Gasteiger partial charge in [0.25, 0.3) is 0 Å². The molecule has 0 aliphatic rings. The molecule has 0 fully saturated rings. The summed E-state index contributed by atoms with van der Waals surface area (Å²) >= 11 is 0. The van der Waals surface area contributed by atoms with Crippen molar-refractivity contribution in [3.63, 3.8) is 0 Å². The lowest BCUT2D eigenvalue weighted by Crippen LogP contribution is -2.38. The Morgan fingerprint density at radius 3 is 2.89 bits per heavy atom. The summed E-state index contributed by atoms with van der Waals surface area (Å²) in [5.41, 5.74) is 7.18. The first-order valence-corrected chi connectivity index (χ1v) is 5.92. The van der Waals surface area contributed by atoms with Gasteiger partial charge in [-0.15, -0.1) is 0 Å². The maximum atomic E-state index is 11.7. The van der Waals surface area contributed by atoms with E-state index in [0.29, 0.717) is 23.5 Å². The molecule has 0 radical (unpaired) electrons. The summed E-state index contributed by atoms with van der Waals surface area (Å²) in [6.45, 7) is 4.40. The third-order valence-corrected chi connectivity index (χ3v) is 2.48. The van der Waals surface area contributed by atoms with Crippen LogP contribution in [0.25, 0.3) is 0 Å². The second-order valence-electron chi connectivity index (χ2n) is 4.07. The number of nitrogens with two attached hydrogens (primary N) is 1. The number of benzene rings is 1. The van der Waals surface area contributed by atoms with Gasteiger partial charge < -0.3 is 16.4 Å². The number of carbonyl (C=O) groups is 1. The molecular formula is C13H18N4O. The van der Waals surface area contributed by atoms with Crippen LogP contribution < -0.4 is 16.4 Å². The van der Waals surface area contributed by atoms with E-state index in [1.165, 1.54) is 0 Å². The largest absolute Gasteiger partial charge is 0.399 e. The molecule has 1 amide bonds. The zero-order valence-corrected chi connectivity index (χ0v) is 10.7. The van der Waals surface area contributed by atoms with Gasteiger partial charge in [0.1, 0.15) is 12.1 Å². The van der Waals surface area contributed by atoms with Gasteiger partial charge >= 0.3 is 0 Å². The lowest BCUT2D eigenvalue weighted by Gasteiger charge is -2.16. The monoisotopic (exact) mass is 246 g/mol. The lowest BCUT2D eigenvalue weighted by atomic mass is 10.1. The Bertz CT molecular complexity index is 465. The van der Waals surface area contributed by atoms with Crippen molar-refractivity contribution >= 4 is 17.3 Å². The molecule has 0 aromatic heterocycles. The van der Waals surface area contributed by atoms with Crippen molar-refractivity contribution in [2.75, 3.05) is 17.6 Å². The summed E-state index contributed by atoms with van der Waals surface area (Å²) in [6, 6.07) is 6.64. The SMILES string of the molecule is CCCNC(=O)C(C)Nc1ccc(N)cc1C#N. The first-order valence-electron chi connectivity index (χ1n) is 5.92. The maximum absolute atomic E-state index is 11.7. The van der Waals surface area contributed by atoms with Crippen LogP contribution in [0.3, 0.4) is 0 Å². The Kier molecular flexibility index (Phi) is 5.00. The number of nitriles is 1. The van der Waals surface area contributed by atoms with Gasteiger partial charge in [0, 0.05) is 12.2 Å². The van der Waals surface area contributed by atoms with E-state index in [4.69, 9.17) is 11.0 Å². The first kappa shape index (κ1) is 13.8. The molecule has 0 spiro atoms. The van der Waals surface area contributed by atoms with E-state index in [0.717, 1.165) is 6.42 Å². The predicted molar refractivity (Wildman–Crippen MR) is 72.0 cm³/mol. The molecule has 1 unspecified atom stereocenters. The number of carbonyl (C=O) groups excluding carboxylic acids is 1. The number of hydrogen-bond acceptors (Lipinski definition) is 4. The second kappa shape index (κ2) is 6.50. The van der Waals surface area contributed by atoms with E-state index in [-0.39, 0.29) is 5.91 Å². The molecule has 1 rings (SSSR count).